The van der Waals surface area contributed by atoms with E-state index >= 15 is 0 Å². The maximum Gasteiger partial charge on any atom is 0.225 e. The minimum Gasteiger partial charge on any atom is -0.497 e. The molecule has 1 amide bonds. The number of hydrogen-bond acceptors (Lipinski definition) is 2. The highest BCUT2D eigenvalue weighted by Gasteiger charge is 2.20. The van der Waals surface area contributed by atoms with Crippen LogP contribution < -0.4 is 10.1 Å². The molecule has 0 saturated carbocycles. The lowest BCUT2D eigenvalue weighted by Gasteiger charge is -2.21. The van der Waals surface area contributed by atoms with E-state index < -0.39 is 6.04 Å². The summed E-state index contributed by atoms with van der Waals surface area (Å²) in [5.74, 6) is 0.123. The van der Waals surface area contributed by atoms with Gasteiger partial charge in [-0.25, -0.2) is 4.39 Å². The normalized spacial score (nSPS) is 11.7. The number of nitrogens with one attached hydrogen (secondary N) is 1. The molecular weight excluding hydrogens is 409 g/mol. The molecule has 0 aliphatic rings. The summed E-state index contributed by atoms with van der Waals surface area (Å²) in [5, 5.41) is 2.96. The average Bonchev–Trinajstić information content (AvgIpc) is 2.67. The summed E-state index contributed by atoms with van der Waals surface area (Å²) < 4.78 is 20.4. The molecule has 1 N–H and O–H groups in total. The van der Waals surface area contributed by atoms with Crippen molar-refractivity contribution in [3.8, 4) is 5.75 Å². The first kappa shape index (κ1) is 19.1. The molecule has 0 fully saturated rings. The molecule has 0 heterocycles. The predicted molar refractivity (Wildman–Crippen MR) is 107 cm³/mol. The number of carbonyl (C=O) groups excluding carboxylic acids is 1. The lowest BCUT2D eigenvalue weighted by molar-refractivity contribution is -0.120. The summed E-state index contributed by atoms with van der Waals surface area (Å²) in [6.07, 6.45) is 0.179. The zero-order chi connectivity index (χ0) is 19.2. The van der Waals surface area contributed by atoms with Gasteiger partial charge in [-0.15, -0.1) is 0 Å². The van der Waals surface area contributed by atoms with Gasteiger partial charge in [-0.2, -0.15) is 0 Å². The van der Waals surface area contributed by atoms with Crippen LogP contribution in [0.5, 0.6) is 5.75 Å². The monoisotopic (exact) mass is 427 g/mol. The Hall–Kier alpha value is -2.66. The molecule has 0 saturated heterocycles. The summed E-state index contributed by atoms with van der Waals surface area (Å²) in [6.45, 7) is 0. The first-order valence-corrected chi connectivity index (χ1v) is 9.28. The number of carbonyl (C=O) groups is 1. The third-order valence-electron chi connectivity index (χ3n) is 4.21. The topological polar surface area (TPSA) is 38.3 Å². The van der Waals surface area contributed by atoms with Crippen molar-refractivity contribution in [2.75, 3.05) is 7.11 Å². The van der Waals surface area contributed by atoms with Crippen LogP contribution in [0.15, 0.2) is 77.3 Å². The van der Waals surface area contributed by atoms with Crippen LogP contribution >= 0.6 is 15.9 Å². The number of amides is 1. The van der Waals surface area contributed by atoms with Gasteiger partial charge in [0.15, 0.2) is 0 Å². The second kappa shape index (κ2) is 8.82. The molecule has 3 aromatic rings. The Morgan fingerprint density at radius 2 is 1.85 bits per heavy atom. The molecule has 1 unspecified atom stereocenters. The zero-order valence-electron chi connectivity index (χ0n) is 14.8. The third-order valence-corrected chi connectivity index (χ3v) is 4.70. The number of halogens is 2. The van der Waals surface area contributed by atoms with E-state index in [-0.39, 0.29) is 18.1 Å². The Kier molecular flexibility index (Phi) is 6.24. The first-order chi connectivity index (χ1) is 13.1. The molecule has 0 aliphatic heterocycles. The zero-order valence-corrected chi connectivity index (χ0v) is 16.4. The molecule has 5 heteroatoms. The van der Waals surface area contributed by atoms with Crippen molar-refractivity contribution in [3.05, 3.63) is 99.8 Å². The van der Waals surface area contributed by atoms with Crippen molar-refractivity contribution in [3.63, 3.8) is 0 Å². The van der Waals surface area contributed by atoms with Crippen molar-refractivity contribution < 1.29 is 13.9 Å². The maximum absolute atomic E-state index is 14.6. The van der Waals surface area contributed by atoms with E-state index in [0.717, 1.165) is 11.1 Å². The molecule has 0 spiro atoms. The number of rotatable bonds is 6. The molecule has 3 nitrogen and oxygen atoms in total. The number of methoxy groups -OCH3 is 1. The Morgan fingerprint density at radius 3 is 2.56 bits per heavy atom. The second-order valence-corrected chi connectivity index (χ2v) is 7.02. The third kappa shape index (κ3) is 4.95. The summed E-state index contributed by atoms with van der Waals surface area (Å²) in [5.41, 5.74) is 2.07. The summed E-state index contributed by atoms with van der Waals surface area (Å²) >= 11 is 3.27. The SMILES string of the molecule is COc1cccc(CC(=O)NC(c2ccccc2)c2ccc(Br)cc2F)c1. The molecule has 0 radical (unpaired) electrons. The highest BCUT2D eigenvalue weighted by Crippen LogP contribution is 2.27. The average molecular weight is 428 g/mol. The smallest absolute Gasteiger partial charge is 0.225 e. The van der Waals surface area contributed by atoms with Crippen LogP contribution in [-0.2, 0) is 11.2 Å². The largest absolute Gasteiger partial charge is 0.497 e. The molecule has 3 rings (SSSR count). The molecule has 0 bridgehead atoms. The Labute approximate surface area is 166 Å². The molecule has 3 aromatic carbocycles. The Balaban J connectivity index is 1.86. The highest BCUT2D eigenvalue weighted by molar-refractivity contribution is 9.10. The summed E-state index contributed by atoms with van der Waals surface area (Å²) in [6, 6.07) is 21.0. The van der Waals surface area contributed by atoms with Crippen LogP contribution in [0.4, 0.5) is 4.39 Å². The van der Waals surface area contributed by atoms with Crippen LogP contribution in [-0.4, -0.2) is 13.0 Å². The fourth-order valence-electron chi connectivity index (χ4n) is 2.90. The van der Waals surface area contributed by atoms with Crippen molar-refractivity contribution in [2.45, 2.75) is 12.5 Å². The van der Waals surface area contributed by atoms with E-state index in [1.54, 1.807) is 19.2 Å². The first-order valence-electron chi connectivity index (χ1n) is 8.49. The van der Waals surface area contributed by atoms with Gasteiger partial charge in [0, 0.05) is 10.0 Å². The van der Waals surface area contributed by atoms with Crippen molar-refractivity contribution in [1.82, 2.24) is 5.32 Å². The van der Waals surface area contributed by atoms with Gasteiger partial charge in [-0.05, 0) is 35.4 Å². The minimum atomic E-state index is -0.572. The van der Waals surface area contributed by atoms with Crippen molar-refractivity contribution in [2.24, 2.45) is 0 Å². The summed E-state index contributed by atoms with van der Waals surface area (Å²) in [7, 11) is 1.58. The minimum absolute atomic E-state index is 0.179. The fourth-order valence-corrected chi connectivity index (χ4v) is 3.23. The van der Waals surface area contributed by atoms with Gasteiger partial charge in [0.1, 0.15) is 11.6 Å². The maximum atomic E-state index is 14.6. The second-order valence-electron chi connectivity index (χ2n) is 6.11. The van der Waals surface area contributed by atoms with Gasteiger partial charge in [-0.1, -0.05) is 64.5 Å². The van der Waals surface area contributed by atoms with Crippen molar-refractivity contribution in [1.29, 1.82) is 0 Å². The van der Waals surface area contributed by atoms with E-state index in [0.29, 0.717) is 15.8 Å². The number of ether oxygens (including phenoxy) is 1. The Morgan fingerprint density at radius 1 is 1.07 bits per heavy atom. The van der Waals surface area contributed by atoms with E-state index in [1.165, 1.54) is 6.07 Å². The standard InChI is InChI=1S/C22H19BrFNO2/c1-27-18-9-5-6-15(12-18)13-21(26)25-22(16-7-3-2-4-8-16)19-11-10-17(23)14-20(19)24/h2-12,14,22H,13H2,1H3,(H,25,26). The van der Waals surface area contributed by atoms with E-state index in [2.05, 4.69) is 21.2 Å². The van der Waals surface area contributed by atoms with E-state index in [4.69, 9.17) is 4.74 Å². The van der Waals surface area contributed by atoms with Gasteiger partial charge >= 0.3 is 0 Å². The predicted octanol–water partition coefficient (Wildman–Crippen LogP) is 5.05. The molecule has 27 heavy (non-hydrogen) atoms. The van der Waals surface area contributed by atoms with Gasteiger partial charge in [0.2, 0.25) is 5.91 Å². The molecule has 0 aliphatic carbocycles. The molecule has 138 valence electrons. The lowest BCUT2D eigenvalue weighted by Crippen LogP contribution is -2.31. The molecule has 0 aromatic heterocycles. The van der Waals surface area contributed by atoms with Gasteiger partial charge in [0.05, 0.1) is 19.6 Å². The van der Waals surface area contributed by atoms with E-state index in [1.807, 2.05) is 54.6 Å². The lowest BCUT2D eigenvalue weighted by atomic mass is 9.97. The van der Waals surface area contributed by atoms with Crippen LogP contribution in [0, 0.1) is 5.82 Å². The number of hydrogen-bond donors (Lipinski definition) is 1. The van der Waals surface area contributed by atoms with Gasteiger partial charge in [0.25, 0.3) is 0 Å². The Bertz CT molecular complexity index is 931. The fraction of sp³-hybridized carbons (Fsp3) is 0.136. The van der Waals surface area contributed by atoms with Crippen LogP contribution in [0.1, 0.15) is 22.7 Å². The van der Waals surface area contributed by atoms with Crippen molar-refractivity contribution >= 4 is 21.8 Å². The number of benzene rings is 3. The van der Waals surface area contributed by atoms with E-state index in [9.17, 15) is 9.18 Å². The van der Waals surface area contributed by atoms with Crippen LogP contribution in [0.25, 0.3) is 0 Å². The summed E-state index contributed by atoms with van der Waals surface area (Å²) in [4.78, 5) is 12.7. The quantitative estimate of drug-likeness (QED) is 0.597. The highest BCUT2D eigenvalue weighted by atomic mass is 79.9. The van der Waals surface area contributed by atoms with Crippen LogP contribution in [0.2, 0.25) is 0 Å². The van der Waals surface area contributed by atoms with Crippen LogP contribution in [0.3, 0.4) is 0 Å². The molecular formula is C22H19BrFNO2. The molecule has 1 atom stereocenters. The van der Waals surface area contributed by atoms with Gasteiger partial charge < -0.3 is 10.1 Å². The van der Waals surface area contributed by atoms with Gasteiger partial charge in [-0.3, -0.25) is 4.79 Å².